The van der Waals surface area contributed by atoms with Crippen LogP contribution in [0.15, 0.2) is 41.3 Å². The number of rotatable bonds is 3. The molecule has 0 N–H and O–H groups in total. The summed E-state index contributed by atoms with van der Waals surface area (Å²) in [7, 11) is 0. The molecule has 2 aromatic rings. The van der Waals surface area contributed by atoms with E-state index in [-0.39, 0.29) is 17.9 Å². The molecule has 0 aliphatic heterocycles. The van der Waals surface area contributed by atoms with E-state index in [1.807, 2.05) is 6.07 Å². The number of Topliss-reactive ketones (excluding diaryl/α,β-unsaturated/α-hetero) is 1. The number of nitriles is 1. The first kappa shape index (κ1) is 14.0. The van der Waals surface area contributed by atoms with Gasteiger partial charge >= 0.3 is 0 Å². The maximum atomic E-state index is 12.1. The molecule has 0 atom stereocenters. The van der Waals surface area contributed by atoms with Crippen molar-refractivity contribution in [3.8, 4) is 6.07 Å². The van der Waals surface area contributed by atoms with Crippen LogP contribution >= 0.6 is 11.6 Å². The van der Waals surface area contributed by atoms with Crippen molar-refractivity contribution in [1.29, 1.82) is 5.26 Å². The lowest BCUT2D eigenvalue weighted by Crippen LogP contribution is -2.26. The number of carbonyl (C=O) groups is 1. The molecule has 0 radical (unpaired) electrons. The molecule has 20 heavy (non-hydrogen) atoms. The van der Waals surface area contributed by atoms with Crippen molar-refractivity contribution in [1.82, 2.24) is 4.57 Å². The summed E-state index contributed by atoms with van der Waals surface area (Å²) in [5.74, 6) is -0.234. The zero-order chi connectivity index (χ0) is 14.7. The summed E-state index contributed by atoms with van der Waals surface area (Å²) in [6, 6.07) is 10.0. The highest BCUT2D eigenvalue weighted by Crippen LogP contribution is 2.11. The van der Waals surface area contributed by atoms with Crippen LogP contribution in [-0.2, 0) is 6.54 Å². The van der Waals surface area contributed by atoms with E-state index < -0.39 is 5.56 Å². The molecule has 0 fully saturated rings. The molecule has 2 rings (SSSR count). The maximum absolute atomic E-state index is 12.1. The number of aromatic nitrogens is 1. The predicted molar refractivity (Wildman–Crippen MR) is 75.9 cm³/mol. The average Bonchev–Trinajstić information content (AvgIpc) is 2.42. The van der Waals surface area contributed by atoms with Gasteiger partial charge in [0.05, 0.1) is 6.54 Å². The van der Waals surface area contributed by atoms with Crippen molar-refractivity contribution in [3.05, 3.63) is 68.6 Å². The fourth-order valence-corrected chi connectivity index (χ4v) is 2.02. The molecular formula is C15H11ClN2O2. The molecule has 5 heteroatoms. The van der Waals surface area contributed by atoms with Crippen LogP contribution in [0.2, 0.25) is 5.02 Å². The van der Waals surface area contributed by atoms with Gasteiger partial charge in [-0.1, -0.05) is 23.7 Å². The Morgan fingerprint density at radius 3 is 2.80 bits per heavy atom. The monoisotopic (exact) mass is 286 g/mol. The molecule has 0 saturated heterocycles. The third-order valence-electron chi connectivity index (χ3n) is 2.95. The van der Waals surface area contributed by atoms with Gasteiger partial charge in [-0.25, -0.2) is 0 Å². The van der Waals surface area contributed by atoms with Crippen LogP contribution in [0.25, 0.3) is 0 Å². The normalized spacial score (nSPS) is 10.1. The van der Waals surface area contributed by atoms with E-state index in [0.29, 0.717) is 16.1 Å². The van der Waals surface area contributed by atoms with E-state index in [0.717, 1.165) is 0 Å². The van der Waals surface area contributed by atoms with E-state index in [1.54, 1.807) is 37.3 Å². The van der Waals surface area contributed by atoms with Gasteiger partial charge in [0.25, 0.3) is 5.56 Å². The second-order valence-electron chi connectivity index (χ2n) is 4.35. The SMILES string of the molecule is Cc1ccn(CC(=O)c2cccc(Cl)c2)c(=O)c1C#N. The summed E-state index contributed by atoms with van der Waals surface area (Å²) in [6.07, 6.45) is 1.51. The summed E-state index contributed by atoms with van der Waals surface area (Å²) in [5, 5.41) is 9.41. The van der Waals surface area contributed by atoms with Gasteiger partial charge in [0, 0.05) is 16.8 Å². The van der Waals surface area contributed by atoms with E-state index >= 15 is 0 Å². The topological polar surface area (TPSA) is 62.9 Å². The Kier molecular flexibility index (Phi) is 4.02. The lowest BCUT2D eigenvalue weighted by atomic mass is 10.1. The van der Waals surface area contributed by atoms with Crippen molar-refractivity contribution in [3.63, 3.8) is 0 Å². The van der Waals surface area contributed by atoms with Gasteiger partial charge in [-0.3, -0.25) is 9.59 Å². The summed E-state index contributed by atoms with van der Waals surface area (Å²) in [6.45, 7) is 1.57. The standard InChI is InChI=1S/C15H11ClN2O2/c1-10-5-6-18(15(20)13(10)8-17)9-14(19)11-3-2-4-12(16)7-11/h2-7H,9H2,1H3. The molecule has 1 heterocycles. The molecule has 0 spiro atoms. The Hall–Kier alpha value is -2.38. The van der Waals surface area contributed by atoms with Crippen LogP contribution in [0.3, 0.4) is 0 Å². The lowest BCUT2D eigenvalue weighted by molar-refractivity contribution is 0.0971. The van der Waals surface area contributed by atoms with Gasteiger partial charge in [0.2, 0.25) is 0 Å². The number of hydrogen-bond donors (Lipinski definition) is 0. The molecule has 1 aromatic heterocycles. The maximum Gasteiger partial charge on any atom is 0.269 e. The van der Waals surface area contributed by atoms with Crippen LogP contribution in [0, 0.1) is 18.3 Å². The van der Waals surface area contributed by atoms with Crippen molar-refractivity contribution in [2.75, 3.05) is 0 Å². The summed E-state index contributed by atoms with van der Waals surface area (Å²) in [4.78, 5) is 24.1. The van der Waals surface area contributed by atoms with Crippen LogP contribution in [0.4, 0.5) is 0 Å². The number of ketones is 1. The van der Waals surface area contributed by atoms with Gasteiger partial charge in [-0.15, -0.1) is 0 Å². The Balaban J connectivity index is 2.34. The number of benzene rings is 1. The molecule has 0 aliphatic carbocycles. The zero-order valence-corrected chi connectivity index (χ0v) is 11.5. The van der Waals surface area contributed by atoms with Gasteiger partial charge < -0.3 is 4.57 Å². The van der Waals surface area contributed by atoms with Crippen LogP contribution in [0.1, 0.15) is 21.5 Å². The van der Waals surface area contributed by atoms with Gasteiger partial charge in [-0.05, 0) is 30.7 Å². The fraction of sp³-hybridized carbons (Fsp3) is 0.133. The number of aryl methyl sites for hydroxylation is 1. The summed E-state index contributed by atoms with van der Waals surface area (Å²) < 4.78 is 1.23. The Labute approximate surface area is 120 Å². The van der Waals surface area contributed by atoms with Crippen LogP contribution in [-0.4, -0.2) is 10.4 Å². The molecular weight excluding hydrogens is 276 g/mol. The van der Waals surface area contributed by atoms with Gasteiger partial charge in [-0.2, -0.15) is 5.26 Å². The second-order valence-corrected chi connectivity index (χ2v) is 4.79. The van der Waals surface area contributed by atoms with E-state index in [4.69, 9.17) is 16.9 Å². The Morgan fingerprint density at radius 2 is 2.15 bits per heavy atom. The fourth-order valence-electron chi connectivity index (χ4n) is 1.83. The summed E-state index contributed by atoms with van der Waals surface area (Å²) in [5.41, 5.74) is 0.640. The first-order valence-corrected chi connectivity index (χ1v) is 6.29. The van der Waals surface area contributed by atoms with Crippen molar-refractivity contribution < 1.29 is 4.79 Å². The molecule has 0 bridgehead atoms. The minimum Gasteiger partial charge on any atom is -0.307 e. The number of nitrogens with zero attached hydrogens (tertiary/aromatic N) is 2. The smallest absolute Gasteiger partial charge is 0.269 e. The number of halogens is 1. The average molecular weight is 287 g/mol. The molecule has 0 unspecified atom stereocenters. The van der Waals surface area contributed by atoms with E-state index in [2.05, 4.69) is 0 Å². The highest BCUT2D eigenvalue weighted by molar-refractivity contribution is 6.31. The number of hydrogen-bond acceptors (Lipinski definition) is 3. The Morgan fingerprint density at radius 1 is 1.40 bits per heavy atom. The third kappa shape index (κ3) is 2.79. The molecule has 0 saturated carbocycles. The molecule has 100 valence electrons. The molecule has 0 amide bonds. The lowest BCUT2D eigenvalue weighted by Gasteiger charge is -2.07. The second kappa shape index (κ2) is 5.72. The van der Waals surface area contributed by atoms with E-state index in [1.165, 1.54) is 10.8 Å². The largest absolute Gasteiger partial charge is 0.307 e. The first-order valence-electron chi connectivity index (χ1n) is 5.92. The first-order chi connectivity index (χ1) is 9.52. The quantitative estimate of drug-likeness (QED) is 0.815. The predicted octanol–water partition coefficient (Wildman–Crippen LogP) is 2.56. The molecule has 1 aromatic carbocycles. The minimum absolute atomic E-state index is 0.0615. The minimum atomic E-state index is -0.456. The van der Waals surface area contributed by atoms with Crippen LogP contribution < -0.4 is 5.56 Å². The van der Waals surface area contributed by atoms with Crippen molar-refractivity contribution >= 4 is 17.4 Å². The third-order valence-corrected chi connectivity index (χ3v) is 3.18. The summed E-state index contributed by atoms with van der Waals surface area (Å²) >= 11 is 5.83. The van der Waals surface area contributed by atoms with Crippen molar-refractivity contribution in [2.45, 2.75) is 13.5 Å². The van der Waals surface area contributed by atoms with E-state index in [9.17, 15) is 9.59 Å². The van der Waals surface area contributed by atoms with Gasteiger partial charge in [0.15, 0.2) is 5.78 Å². The van der Waals surface area contributed by atoms with Gasteiger partial charge in [0.1, 0.15) is 11.6 Å². The zero-order valence-electron chi connectivity index (χ0n) is 10.8. The molecule has 0 aliphatic rings. The number of carbonyl (C=O) groups excluding carboxylic acids is 1. The molecule has 4 nitrogen and oxygen atoms in total. The van der Waals surface area contributed by atoms with Crippen LogP contribution in [0.5, 0.6) is 0 Å². The van der Waals surface area contributed by atoms with Crippen molar-refractivity contribution in [2.24, 2.45) is 0 Å². The highest BCUT2D eigenvalue weighted by Gasteiger charge is 2.11. The highest BCUT2D eigenvalue weighted by atomic mass is 35.5. The Bertz CT molecular complexity index is 772. The number of pyridine rings is 1.